The van der Waals surface area contributed by atoms with E-state index in [9.17, 15) is 0 Å². The Bertz CT molecular complexity index is 250. The van der Waals surface area contributed by atoms with Crippen molar-refractivity contribution in [3.63, 3.8) is 0 Å². The van der Waals surface area contributed by atoms with E-state index < -0.39 is 0 Å². The van der Waals surface area contributed by atoms with E-state index >= 15 is 0 Å². The molecule has 0 heterocycles. The Morgan fingerprint density at radius 3 is 2.53 bits per heavy atom. The smallest absolute Gasteiger partial charge is 0.0422 e. The molecule has 0 aromatic rings. The van der Waals surface area contributed by atoms with Crippen molar-refractivity contribution in [2.45, 2.75) is 72.3 Å². The van der Waals surface area contributed by atoms with E-state index in [0.717, 1.165) is 5.92 Å². The Labute approximate surface area is 107 Å². The van der Waals surface area contributed by atoms with E-state index in [0.29, 0.717) is 11.5 Å². The number of hydrogen-bond donors (Lipinski definition) is 2. The van der Waals surface area contributed by atoms with Crippen molar-refractivity contribution in [1.29, 1.82) is 0 Å². The second kappa shape index (κ2) is 6.55. The highest BCUT2D eigenvalue weighted by Crippen LogP contribution is 2.29. The molecule has 3 N–H and O–H groups in total. The fourth-order valence-electron chi connectivity index (χ4n) is 3.04. The zero-order valence-corrected chi connectivity index (χ0v) is 12.1. The SMILES string of the molecule is CC(CC(NN)C1=CCCCC1)CC(C)(C)C. The van der Waals surface area contributed by atoms with Gasteiger partial charge in [-0.15, -0.1) is 0 Å². The Morgan fingerprint density at radius 1 is 1.35 bits per heavy atom. The third-order valence-corrected chi connectivity index (χ3v) is 3.57. The van der Waals surface area contributed by atoms with Crippen LogP contribution in [0.5, 0.6) is 0 Å². The molecule has 0 fully saturated rings. The second-order valence-electron chi connectivity index (χ2n) is 6.85. The molecule has 0 saturated heterocycles. The molecule has 2 heteroatoms. The summed E-state index contributed by atoms with van der Waals surface area (Å²) in [5.41, 5.74) is 4.98. The van der Waals surface area contributed by atoms with Crippen molar-refractivity contribution in [2.75, 3.05) is 0 Å². The van der Waals surface area contributed by atoms with Gasteiger partial charge in [-0.25, -0.2) is 0 Å². The number of allylic oxidation sites excluding steroid dienone is 1. The summed E-state index contributed by atoms with van der Waals surface area (Å²) in [5, 5.41) is 0. The molecule has 100 valence electrons. The van der Waals surface area contributed by atoms with Crippen LogP contribution in [-0.2, 0) is 0 Å². The molecule has 2 atom stereocenters. The van der Waals surface area contributed by atoms with Crippen molar-refractivity contribution in [2.24, 2.45) is 17.2 Å². The minimum atomic E-state index is 0.396. The van der Waals surface area contributed by atoms with Gasteiger partial charge in [-0.2, -0.15) is 0 Å². The summed E-state index contributed by atoms with van der Waals surface area (Å²) in [6, 6.07) is 0.396. The van der Waals surface area contributed by atoms with Gasteiger partial charge in [0.15, 0.2) is 0 Å². The molecular formula is C15H30N2. The molecule has 0 spiro atoms. The highest BCUT2D eigenvalue weighted by molar-refractivity contribution is 5.13. The van der Waals surface area contributed by atoms with Crippen LogP contribution in [0.15, 0.2) is 11.6 Å². The van der Waals surface area contributed by atoms with Gasteiger partial charge in [0.2, 0.25) is 0 Å². The molecule has 0 aliphatic heterocycles. The first-order valence-electron chi connectivity index (χ1n) is 7.07. The Morgan fingerprint density at radius 2 is 2.06 bits per heavy atom. The average Bonchev–Trinajstić information content (AvgIpc) is 2.24. The van der Waals surface area contributed by atoms with Gasteiger partial charge in [0.1, 0.15) is 0 Å². The van der Waals surface area contributed by atoms with Crippen molar-refractivity contribution < 1.29 is 0 Å². The van der Waals surface area contributed by atoms with Crippen LogP contribution in [-0.4, -0.2) is 6.04 Å². The maximum Gasteiger partial charge on any atom is 0.0422 e. The van der Waals surface area contributed by atoms with Crippen LogP contribution >= 0.6 is 0 Å². The van der Waals surface area contributed by atoms with Gasteiger partial charge in [0, 0.05) is 6.04 Å². The first-order valence-corrected chi connectivity index (χ1v) is 7.07. The van der Waals surface area contributed by atoms with E-state index in [1.54, 1.807) is 5.57 Å². The van der Waals surface area contributed by atoms with Gasteiger partial charge in [-0.05, 0) is 49.9 Å². The zero-order valence-electron chi connectivity index (χ0n) is 12.1. The fraction of sp³-hybridized carbons (Fsp3) is 0.867. The molecule has 0 aromatic heterocycles. The summed E-state index contributed by atoms with van der Waals surface area (Å²) >= 11 is 0. The predicted octanol–water partition coefficient (Wildman–Crippen LogP) is 3.78. The van der Waals surface area contributed by atoms with Crippen LogP contribution in [0.4, 0.5) is 0 Å². The molecule has 1 rings (SSSR count). The quantitative estimate of drug-likeness (QED) is 0.434. The molecule has 17 heavy (non-hydrogen) atoms. The molecule has 1 aliphatic carbocycles. The van der Waals surface area contributed by atoms with E-state index in [1.165, 1.54) is 38.5 Å². The van der Waals surface area contributed by atoms with E-state index in [1.807, 2.05) is 0 Å². The molecule has 0 amide bonds. The minimum Gasteiger partial charge on any atom is -0.271 e. The third kappa shape index (κ3) is 5.69. The summed E-state index contributed by atoms with van der Waals surface area (Å²) < 4.78 is 0. The Hall–Kier alpha value is -0.340. The molecule has 1 aliphatic rings. The number of hydrazine groups is 1. The topological polar surface area (TPSA) is 38.0 Å². The first kappa shape index (κ1) is 14.7. The van der Waals surface area contributed by atoms with Crippen LogP contribution in [0.1, 0.15) is 66.2 Å². The summed E-state index contributed by atoms with van der Waals surface area (Å²) in [5.74, 6) is 6.45. The van der Waals surface area contributed by atoms with Gasteiger partial charge in [-0.3, -0.25) is 11.3 Å². The fourth-order valence-corrected chi connectivity index (χ4v) is 3.04. The number of rotatable bonds is 5. The van der Waals surface area contributed by atoms with Gasteiger partial charge in [0.25, 0.3) is 0 Å². The number of nitrogens with one attached hydrogen (secondary N) is 1. The van der Waals surface area contributed by atoms with Crippen molar-refractivity contribution >= 4 is 0 Å². The molecule has 0 bridgehead atoms. The highest BCUT2D eigenvalue weighted by Gasteiger charge is 2.21. The molecule has 0 saturated carbocycles. The highest BCUT2D eigenvalue weighted by atomic mass is 15.2. The number of hydrogen-bond acceptors (Lipinski definition) is 2. The molecule has 0 aromatic carbocycles. The van der Waals surface area contributed by atoms with Crippen molar-refractivity contribution in [1.82, 2.24) is 5.43 Å². The molecule has 2 unspecified atom stereocenters. The zero-order chi connectivity index (χ0) is 12.9. The van der Waals surface area contributed by atoms with Crippen LogP contribution < -0.4 is 11.3 Å². The lowest BCUT2D eigenvalue weighted by Crippen LogP contribution is -2.38. The molecule has 0 radical (unpaired) electrons. The Kier molecular flexibility index (Phi) is 5.68. The van der Waals surface area contributed by atoms with E-state index in [4.69, 9.17) is 5.84 Å². The lowest BCUT2D eigenvalue weighted by atomic mass is 9.81. The Balaban J connectivity index is 2.48. The van der Waals surface area contributed by atoms with Crippen molar-refractivity contribution in [3.8, 4) is 0 Å². The second-order valence-corrected chi connectivity index (χ2v) is 6.85. The average molecular weight is 238 g/mol. The summed E-state index contributed by atoms with van der Waals surface area (Å²) in [4.78, 5) is 0. The van der Waals surface area contributed by atoms with E-state index in [2.05, 4.69) is 39.2 Å². The standard InChI is InChI=1S/C15H30N2/c1-12(11-15(2,3)4)10-14(17-16)13-8-6-5-7-9-13/h8,12,14,17H,5-7,9-11,16H2,1-4H3. The molecular weight excluding hydrogens is 208 g/mol. The van der Waals surface area contributed by atoms with E-state index in [-0.39, 0.29) is 0 Å². The predicted molar refractivity (Wildman–Crippen MR) is 75.5 cm³/mol. The summed E-state index contributed by atoms with van der Waals surface area (Å²) in [6.45, 7) is 9.29. The maximum absolute atomic E-state index is 5.72. The number of nitrogens with two attached hydrogens (primary N) is 1. The summed E-state index contributed by atoms with van der Waals surface area (Å²) in [7, 11) is 0. The lowest BCUT2D eigenvalue weighted by molar-refractivity contribution is 0.281. The normalized spacial score (nSPS) is 20.9. The van der Waals surface area contributed by atoms with Gasteiger partial charge >= 0.3 is 0 Å². The largest absolute Gasteiger partial charge is 0.271 e. The van der Waals surface area contributed by atoms with Gasteiger partial charge in [-0.1, -0.05) is 39.3 Å². The molecule has 2 nitrogen and oxygen atoms in total. The van der Waals surface area contributed by atoms with Crippen LogP contribution in [0, 0.1) is 11.3 Å². The van der Waals surface area contributed by atoms with Crippen LogP contribution in [0.25, 0.3) is 0 Å². The first-order chi connectivity index (χ1) is 7.92. The monoisotopic (exact) mass is 238 g/mol. The minimum absolute atomic E-state index is 0.396. The van der Waals surface area contributed by atoms with Gasteiger partial charge < -0.3 is 0 Å². The van der Waals surface area contributed by atoms with Crippen LogP contribution in [0.2, 0.25) is 0 Å². The van der Waals surface area contributed by atoms with Crippen molar-refractivity contribution in [3.05, 3.63) is 11.6 Å². The van der Waals surface area contributed by atoms with Crippen LogP contribution in [0.3, 0.4) is 0 Å². The summed E-state index contributed by atoms with van der Waals surface area (Å²) in [6.07, 6.45) is 9.98. The third-order valence-electron chi connectivity index (χ3n) is 3.57. The van der Waals surface area contributed by atoms with Gasteiger partial charge in [0.05, 0.1) is 0 Å². The lowest BCUT2D eigenvalue weighted by Gasteiger charge is -2.28. The maximum atomic E-state index is 5.72.